The van der Waals surface area contributed by atoms with Crippen molar-refractivity contribution in [3.8, 4) is 0 Å². The second-order valence-corrected chi connectivity index (χ2v) is 3.90. The Bertz CT molecular complexity index is 512. The molecule has 0 amide bonds. The van der Waals surface area contributed by atoms with Gasteiger partial charge >= 0.3 is 0 Å². The molecule has 0 aromatic heterocycles. The molecule has 1 aromatic rings. The average Bonchev–Trinajstić information content (AvgIpc) is 2.37. The Hall–Kier alpha value is -2.23. The Kier molecular flexibility index (Phi) is 4.99. The molecule has 4 heteroatoms. The molecule has 0 radical (unpaired) electrons. The van der Waals surface area contributed by atoms with E-state index in [1.165, 1.54) is 6.21 Å². The summed E-state index contributed by atoms with van der Waals surface area (Å²) >= 11 is 0. The first kappa shape index (κ1) is 13.8. The van der Waals surface area contributed by atoms with Gasteiger partial charge < -0.3 is 10.8 Å². The van der Waals surface area contributed by atoms with E-state index >= 15 is 0 Å². The molecule has 1 rings (SSSR count). The number of hydrogen-bond acceptors (Lipinski definition) is 3. The van der Waals surface area contributed by atoms with Crippen molar-refractivity contribution in [2.75, 3.05) is 7.05 Å². The van der Waals surface area contributed by atoms with Crippen LogP contribution in [0.2, 0.25) is 0 Å². The van der Waals surface area contributed by atoms with E-state index in [2.05, 4.69) is 22.1 Å². The lowest BCUT2D eigenvalue weighted by atomic mass is 10.1. The van der Waals surface area contributed by atoms with Crippen LogP contribution in [0.5, 0.6) is 0 Å². The van der Waals surface area contributed by atoms with Crippen LogP contribution in [0.25, 0.3) is 0 Å². The molecule has 1 aromatic carbocycles. The third-order valence-corrected chi connectivity index (χ3v) is 2.41. The van der Waals surface area contributed by atoms with Crippen LogP contribution in [0.1, 0.15) is 18.1 Å². The van der Waals surface area contributed by atoms with Crippen LogP contribution in [0.3, 0.4) is 0 Å². The lowest BCUT2D eigenvalue weighted by molar-refractivity contribution is 0.898. The van der Waals surface area contributed by atoms with E-state index in [-0.39, 0.29) is 0 Å². The summed E-state index contributed by atoms with van der Waals surface area (Å²) in [5.41, 5.74) is 6.08. The van der Waals surface area contributed by atoms with E-state index in [1.54, 1.807) is 7.05 Å². The van der Waals surface area contributed by atoms with Crippen molar-refractivity contribution in [1.82, 2.24) is 5.43 Å². The quantitative estimate of drug-likeness (QED) is 0.476. The van der Waals surface area contributed by atoms with Gasteiger partial charge in [0.15, 0.2) is 5.84 Å². The number of hydrazone groups is 1. The smallest absolute Gasteiger partial charge is 0.179 e. The Morgan fingerprint density at radius 3 is 2.72 bits per heavy atom. The van der Waals surface area contributed by atoms with E-state index in [0.717, 1.165) is 11.1 Å². The lowest BCUT2D eigenvalue weighted by Gasteiger charge is -2.05. The van der Waals surface area contributed by atoms with Gasteiger partial charge in [-0.3, -0.25) is 0 Å². The van der Waals surface area contributed by atoms with Gasteiger partial charge in [-0.15, -0.1) is 0 Å². The van der Waals surface area contributed by atoms with Gasteiger partial charge in [-0.1, -0.05) is 30.3 Å². The molecule has 0 saturated heterocycles. The van der Waals surface area contributed by atoms with Crippen molar-refractivity contribution < 1.29 is 0 Å². The number of benzene rings is 1. The molecule has 2 N–H and O–H groups in total. The zero-order valence-corrected chi connectivity index (χ0v) is 11.0. The van der Waals surface area contributed by atoms with E-state index < -0.39 is 0 Å². The van der Waals surface area contributed by atoms with E-state index in [1.807, 2.05) is 38.1 Å². The maximum atomic E-state index is 7.16. The van der Waals surface area contributed by atoms with E-state index in [9.17, 15) is 0 Å². The molecule has 0 spiro atoms. The summed E-state index contributed by atoms with van der Waals surface area (Å²) in [5, 5.41) is 11.3. The first-order valence-corrected chi connectivity index (χ1v) is 5.65. The van der Waals surface area contributed by atoms with Gasteiger partial charge in [0, 0.05) is 30.1 Å². The first-order chi connectivity index (χ1) is 8.58. The zero-order chi connectivity index (χ0) is 13.5. The Morgan fingerprint density at radius 2 is 2.17 bits per heavy atom. The van der Waals surface area contributed by atoms with Gasteiger partial charge in [-0.05, 0) is 19.9 Å². The summed E-state index contributed by atoms with van der Waals surface area (Å²) < 4.78 is 0. The number of rotatable bonds is 4. The molecule has 0 aliphatic heterocycles. The summed E-state index contributed by atoms with van der Waals surface area (Å²) in [5.74, 6) is 0.585. The van der Waals surface area contributed by atoms with Crippen molar-refractivity contribution in [1.29, 1.82) is 5.41 Å². The molecule has 0 atom stereocenters. The largest absolute Gasteiger partial charge is 0.311 e. The fourth-order valence-corrected chi connectivity index (χ4v) is 1.38. The maximum Gasteiger partial charge on any atom is 0.179 e. The summed E-state index contributed by atoms with van der Waals surface area (Å²) in [6.07, 6.45) is 1.19. The highest BCUT2D eigenvalue weighted by Gasteiger charge is 2.04. The van der Waals surface area contributed by atoms with Crippen molar-refractivity contribution >= 4 is 17.8 Å². The summed E-state index contributed by atoms with van der Waals surface area (Å²) in [6, 6.07) is 7.95. The molecular weight excluding hydrogens is 224 g/mol. The molecule has 0 saturated carbocycles. The highest BCUT2D eigenvalue weighted by Crippen LogP contribution is 2.07. The molecule has 0 aliphatic carbocycles. The number of nitrogens with one attached hydrogen (secondary N) is 2. The predicted octanol–water partition coefficient (Wildman–Crippen LogP) is 2.54. The third-order valence-electron chi connectivity index (χ3n) is 2.41. The average molecular weight is 242 g/mol. The van der Waals surface area contributed by atoms with Crippen LogP contribution in [-0.2, 0) is 0 Å². The van der Waals surface area contributed by atoms with Gasteiger partial charge in [0.25, 0.3) is 0 Å². The highest BCUT2D eigenvalue weighted by atomic mass is 15.3. The van der Waals surface area contributed by atoms with Gasteiger partial charge in [-0.25, -0.2) is 4.99 Å². The monoisotopic (exact) mass is 242 g/mol. The number of nitrogens with zero attached hydrogens (tertiary/aromatic N) is 2. The number of aryl methyl sites for hydroxylation is 1. The van der Waals surface area contributed by atoms with Crippen LogP contribution >= 0.6 is 0 Å². The minimum absolute atomic E-state index is 0.575. The second-order valence-electron chi connectivity index (χ2n) is 3.90. The fraction of sp³-hybridized carbons (Fsp3) is 0.214. The van der Waals surface area contributed by atoms with Gasteiger partial charge in [0.05, 0.1) is 0 Å². The Morgan fingerprint density at radius 1 is 1.44 bits per heavy atom. The SMILES string of the molecule is C=C(C=N)C(C)=N/C(=N\NC)c1cccc(C)c1. The van der Waals surface area contributed by atoms with Crippen LogP contribution in [0, 0.1) is 12.3 Å². The zero-order valence-electron chi connectivity index (χ0n) is 11.0. The lowest BCUT2D eigenvalue weighted by Crippen LogP contribution is -2.09. The number of allylic oxidation sites excluding steroid dienone is 1. The van der Waals surface area contributed by atoms with E-state index in [0.29, 0.717) is 17.1 Å². The van der Waals surface area contributed by atoms with Gasteiger partial charge in [0.2, 0.25) is 0 Å². The normalized spacial score (nSPS) is 12.2. The topological polar surface area (TPSA) is 60.6 Å². The Balaban J connectivity index is 3.16. The molecule has 0 fully saturated rings. The molecule has 0 heterocycles. The van der Waals surface area contributed by atoms with Gasteiger partial charge in [0.1, 0.15) is 0 Å². The van der Waals surface area contributed by atoms with Crippen LogP contribution in [-0.4, -0.2) is 24.8 Å². The first-order valence-electron chi connectivity index (χ1n) is 5.65. The van der Waals surface area contributed by atoms with Crippen molar-refractivity contribution in [3.63, 3.8) is 0 Å². The fourth-order valence-electron chi connectivity index (χ4n) is 1.38. The van der Waals surface area contributed by atoms with Crippen molar-refractivity contribution in [2.45, 2.75) is 13.8 Å². The minimum Gasteiger partial charge on any atom is -0.311 e. The molecule has 0 unspecified atom stereocenters. The van der Waals surface area contributed by atoms with Gasteiger partial charge in [-0.2, -0.15) is 5.10 Å². The second kappa shape index (κ2) is 6.49. The maximum absolute atomic E-state index is 7.16. The number of amidine groups is 1. The Labute approximate surface area is 108 Å². The predicted molar refractivity (Wildman–Crippen MR) is 77.8 cm³/mol. The molecule has 0 bridgehead atoms. The third kappa shape index (κ3) is 3.66. The standard InChI is InChI=1S/C14H18N4/c1-10-6-5-7-13(8-10)14(18-16-4)17-12(3)11(2)9-15/h5-9,15-16H,2H2,1,3-4H3/b15-9?,17-12?,18-14-. The highest BCUT2D eigenvalue weighted by molar-refractivity contribution is 6.19. The molecule has 18 heavy (non-hydrogen) atoms. The summed E-state index contributed by atoms with van der Waals surface area (Å²) in [7, 11) is 1.73. The summed E-state index contributed by atoms with van der Waals surface area (Å²) in [4.78, 5) is 4.40. The summed E-state index contributed by atoms with van der Waals surface area (Å²) in [6.45, 7) is 7.58. The van der Waals surface area contributed by atoms with Crippen LogP contribution in [0.15, 0.2) is 46.5 Å². The number of aliphatic imine (C=N–C) groups is 1. The minimum atomic E-state index is 0.575. The molecular formula is C14H18N4. The van der Waals surface area contributed by atoms with Crippen LogP contribution < -0.4 is 5.43 Å². The van der Waals surface area contributed by atoms with Crippen molar-refractivity contribution in [3.05, 3.63) is 47.5 Å². The van der Waals surface area contributed by atoms with E-state index in [4.69, 9.17) is 5.41 Å². The molecule has 4 nitrogen and oxygen atoms in total. The number of hydrogen-bond donors (Lipinski definition) is 2. The molecule has 94 valence electrons. The van der Waals surface area contributed by atoms with Crippen LogP contribution in [0.4, 0.5) is 0 Å². The molecule has 0 aliphatic rings. The van der Waals surface area contributed by atoms with Crippen molar-refractivity contribution in [2.24, 2.45) is 10.1 Å².